The summed E-state index contributed by atoms with van der Waals surface area (Å²) < 4.78 is 0. The average molecular weight is 403 g/mol. The normalized spacial score (nSPS) is 11.2. The van der Waals surface area contributed by atoms with Crippen molar-refractivity contribution in [3.05, 3.63) is 71.6 Å². The van der Waals surface area contributed by atoms with E-state index in [9.17, 15) is 0 Å². The summed E-state index contributed by atoms with van der Waals surface area (Å²) in [5.41, 5.74) is 4.02. The molecule has 0 amide bonds. The molecule has 4 heteroatoms. The van der Waals surface area contributed by atoms with Gasteiger partial charge in [-0.15, -0.1) is 41.3 Å². The molecule has 0 fully saturated rings. The van der Waals surface area contributed by atoms with Crippen LogP contribution in [0.1, 0.15) is 43.7 Å². The fraction of sp³-hybridized carbons (Fsp3) is 0.458. The van der Waals surface area contributed by atoms with Gasteiger partial charge in [-0.1, -0.05) is 95.2 Å². The average Bonchev–Trinajstić information content (AvgIpc) is 2.65. The fourth-order valence-corrected chi connectivity index (χ4v) is 8.99. The van der Waals surface area contributed by atoms with Crippen LogP contribution in [-0.2, 0) is 0 Å². The third kappa shape index (κ3) is 8.66. The molecule has 1 N–H and O–H groups in total. The summed E-state index contributed by atoms with van der Waals surface area (Å²) in [6.07, 6.45) is 4.98. The summed E-state index contributed by atoms with van der Waals surface area (Å²) >= 11 is 0. The molecule has 0 spiro atoms. The summed E-state index contributed by atoms with van der Waals surface area (Å²) in [5.74, 6) is 1.48. The maximum Gasteiger partial charge on any atom is 1.00 e. The van der Waals surface area contributed by atoms with Crippen LogP contribution in [0.2, 0.25) is 38.3 Å². The second-order valence-electron chi connectivity index (χ2n) is 8.60. The maximum absolute atomic E-state index is 3.88. The molecule has 0 aromatic heterocycles. The Kier molecular flexibility index (Phi) is 11.4. The molecular formula is C24H37LiNSi2. The van der Waals surface area contributed by atoms with Gasteiger partial charge in [-0.3, -0.25) is 0 Å². The second-order valence-corrected chi connectivity index (χ2v) is 16.0. The largest absolute Gasteiger partial charge is 1.00 e. The minimum absolute atomic E-state index is 0. The van der Waals surface area contributed by atoms with E-state index in [1.807, 2.05) is 0 Å². The monoisotopic (exact) mass is 402 g/mol. The number of benzene rings is 2. The van der Waals surface area contributed by atoms with Crippen molar-refractivity contribution in [2.75, 3.05) is 4.98 Å². The van der Waals surface area contributed by atoms with E-state index < -0.39 is 8.24 Å². The Morgan fingerprint density at radius 1 is 0.893 bits per heavy atom. The van der Waals surface area contributed by atoms with E-state index in [1.165, 1.54) is 54.1 Å². The van der Waals surface area contributed by atoms with Gasteiger partial charge in [0.1, 0.15) is 8.24 Å². The molecule has 1 radical (unpaired) electrons. The summed E-state index contributed by atoms with van der Waals surface area (Å²) in [7, 11) is -1.50. The quantitative estimate of drug-likeness (QED) is 0.329. The van der Waals surface area contributed by atoms with Crippen molar-refractivity contribution in [3.8, 4) is 0 Å². The number of unbranched alkanes of at least 4 members (excludes halogenated alkanes) is 2. The van der Waals surface area contributed by atoms with Crippen LogP contribution in [0.3, 0.4) is 0 Å². The van der Waals surface area contributed by atoms with Crippen molar-refractivity contribution >= 4 is 22.7 Å². The van der Waals surface area contributed by atoms with Crippen molar-refractivity contribution in [1.82, 2.24) is 0 Å². The molecule has 0 saturated heterocycles. The van der Waals surface area contributed by atoms with E-state index in [1.54, 1.807) is 0 Å². The smallest absolute Gasteiger partial charge is 0.412 e. The number of nitrogens with one attached hydrogen (secondary N) is 1. The first-order chi connectivity index (χ1) is 12.9. The van der Waals surface area contributed by atoms with E-state index in [-0.39, 0.29) is 27.7 Å². The number of rotatable bonds is 11. The van der Waals surface area contributed by atoms with Gasteiger partial charge in [0, 0.05) is 14.5 Å². The minimum atomic E-state index is -1.37. The first-order valence-electron chi connectivity index (χ1n) is 10.5. The van der Waals surface area contributed by atoms with E-state index in [2.05, 4.69) is 92.7 Å². The Morgan fingerprint density at radius 2 is 1.50 bits per heavy atom. The van der Waals surface area contributed by atoms with Crippen LogP contribution in [0.4, 0.5) is 5.69 Å². The predicted molar refractivity (Wildman–Crippen MR) is 127 cm³/mol. The first kappa shape index (κ1) is 25.2. The zero-order valence-corrected chi connectivity index (χ0v) is 20.9. The molecule has 2 aromatic carbocycles. The van der Waals surface area contributed by atoms with Crippen LogP contribution in [0.25, 0.3) is 0 Å². The van der Waals surface area contributed by atoms with Crippen LogP contribution < -0.4 is 23.8 Å². The Labute approximate surface area is 188 Å². The topological polar surface area (TPSA) is 12.0 Å². The molecule has 0 aliphatic heterocycles. The second kappa shape index (κ2) is 12.7. The molecule has 0 aliphatic rings. The van der Waals surface area contributed by atoms with E-state index >= 15 is 0 Å². The SMILES string of the molecule is CCCCC[C-](c1ccccc1)c1ccc(N[Si](C)(C)CC[Si](C)C)cc1.[Li+]. The van der Waals surface area contributed by atoms with Crippen molar-refractivity contribution in [2.24, 2.45) is 0 Å². The summed E-state index contributed by atoms with van der Waals surface area (Å²) in [4.78, 5) is 3.88. The minimum Gasteiger partial charge on any atom is -0.412 e. The van der Waals surface area contributed by atoms with Gasteiger partial charge in [0.15, 0.2) is 0 Å². The molecular weight excluding hydrogens is 365 g/mol. The Balaban J connectivity index is 0.00000392. The molecule has 0 atom stereocenters. The molecule has 0 bridgehead atoms. The van der Waals surface area contributed by atoms with Gasteiger partial charge in [0.05, 0.1) is 0 Å². The van der Waals surface area contributed by atoms with Crippen molar-refractivity contribution in [1.29, 1.82) is 0 Å². The van der Waals surface area contributed by atoms with Crippen LogP contribution in [0.5, 0.6) is 0 Å². The summed E-state index contributed by atoms with van der Waals surface area (Å²) in [6, 6.07) is 22.9. The number of anilines is 1. The van der Waals surface area contributed by atoms with Gasteiger partial charge in [0.25, 0.3) is 0 Å². The van der Waals surface area contributed by atoms with Gasteiger partial charge in [0.2, 0.25) is 0 Å². The third-order valence-electron chi connectivity index (χ3n) is 5.12. The molecule has 1 nitrogen and oxygen atoms in total. The van der Waals surface area contributed by atoms with Crippen molar-refractivity contribution in [3.63, 3.8) is 0 Å². The molecule has 2 aromatic rings. The van der Waals surface area contributed by atoms with E-state index in [0.717, 1.165) is 6.42 Å². The van der Waals surface area contributed by atoms with Gasteiger partial charge in [-0.2, -0.15) is 0 Å². The summed E-state index contributed by atoms with van der Waals surface area (Å²) in [5, 5.41) is 0. The molecule has 0 saturated carbocycles. The predicted octanol–water partition coefficient (Wildman–Crippen LogP) is 4.61. The van der Waals surface area contributed by atoms with Gasteiger partial charge >= 0.3 is 18.9 Å². The van der Waals surface area contributed by atoms with E-state index in [4.69, 9.17) is 0 Å². The molecule has 2 rings (SSSR count). The zero-order chi connectivity index (χ0) is 19.7. The van der Waals surface area contributed by atoms with Gasteiger partial charge < -0.3 is 4.98 Å². The summed E-state index contributed by atoms with van der Waals surface area (Å²) in [6.45, 7) is 12.0. The molecule has 0 unspecified atom stereocenters. The van der Waals surface area contributed by atoms with Crippen molar-refractivity contribution < 1.29 is 18.9 Å². The van der Waals surface area contributed by atoms with Gasteiger partial charge in [-0.05, 0) is 6.04 Å². The Hall–Kier alpha value is -0.859. The zero-order valence-electron chi connectivity index (χ0n) is 18.9. The Bertz CT molecular complexity index is 656. The number of hydrogen-bond acceptors (Lipinski definition) is 1. The third-order valence-corrected chi connectivity index (χ3v) is 9.33. The molecule has 0 heterocycles. The van der Waals surface area contributed by atoms with Crippen LogP contribution in [0.15, 0.2) is 54.6 Å². The van der Waals surface area contributed by atoms with E-state index in [0.29, 0.717) is 0 Å². The van der Waals surface area contributed by atoms with Gasteiger partial charge in [-0.25, -0.2) is 0 Å². The van der Waals surface area contributed by atoms with Crippen LogP contribution >= 0.6 is 0 Å². The number of hydrogen-bond donors (Lipinski definition) is 1. The Morgan fingerprint density at radius 3 is 2.07 bits per heavy atom. The standard InChI is InChI=1S/C24H37NSi2.Li/c1-6-7-9-14-24(21-12-10-8-11-13-21)22-15-17-23(18-16-22)25-27(4,5)20-19-26(2)3;/h8,10-13,15-18,25H,6-7,9,14,19-20H2,1-5H3;/q-1;+1. The maximum atomic E-state index is 3.88. The van der Waals surface area contributed by atoms with Crippen molar-refractivity contribution in [2.45, 2.75) is 70.9 Å². The molecule has 28 heavy (non-hydrogen) atoms. The van der Waals surface area contributed by atoms with Crippen LogP contribution in [0, 0.1) is 5.92 Å². The first-order valence-corrected chi connectivity index (χ1v) is 16.4. The molecule has 0 aliphatic carbocycles. The van der Waals surface area contributed by atoms with Crippen LogP contribution in [-0.4, -0.2) is 17.0 Å². The fourth-order valence-electron chi connectivity index (χ4n) is 3.42. The molecule has 147 valence electrons.